The van der Waals surface area contributed by atoms with Crippen molar-refractivity contribution in [1.82, 2.24) is 0 Å². The molecule has 0 N–H and O–H groups in total. The highest BCUT2D eigenvalue weighted by molar-refractivity contribution is 6.24. The van der Waals surface area contributed by atoms with Crippen LogP contribution in [0, 0.1) is 23.2 Å². The van der Waals surface area contributed by atoms with Gasteiger partial charge in [-0.25, -0.2) is 4.90 Å². The van der Waals surface area contributed by atoms with E-state index < -0.39 is 23.0 Å². The molecule has 4 atom stereocenters. The Kier molecular flexibility index (Phi) is 5.29. The number of nitrogens with zero attached hydrogens (tertiary/aromatic N) is 3. The van der Waals surface area contributed by atoms with E-state index in [-0.39, 0.29) is 11.8 Å². The zero-order chi connectivity index (χ0) is 25.9. The maximum atomic E-state index is 14.0. The second kappa shape index (κ2) is 8.32. The van der Waals surface area contributed by atoms with Crippen molar-refractivity contribution in [2.45, 2.75) is 37.4 Å². The summed E-state index contributed by atoms with van der Waals surface area (Å²) in [6.45, 7) is 2.32. The Balaban J connectivity index is 1.30. The minimum absolute atomic E-state index is 0.273. The van der Waals surface area contributed by atoms with E-state index in [0.29, 0.717) is 37.1 Å². The number of fused-ring (bicyclic) bond motifs is 6. The zero-order valence-corrected chi connectivity index (χ0v) is 21.2. The fourth-order valence-electron chi connectivity index (χ4n) is 6.60. The molecule has 3 aromatic carbocycles. The van der Waals surface area contributed by atoms with Gasteiger partial charge in [0.1, 0.15) is 11.8 Å². The van der Waals surface area contributed by atoms with Gasteiger partial charge in [0, 0.05) is 37.7 Å². The monoisotopic (exact) mass is 495 g/mol. The van der Waals surface area contributed by atoms with E-state index in [1.54, 1.807) is 6.07 Å². The molecule has 3 aliphatic heterocycles. The van der Waals surface area contributed by atoms with E-state index >= 15 is 0 Å². The van der Waals surface area contributed by atoms with Gasteiger partial charge in [-0.15, -0.1) is 0 Å². The van der Waals surface area contributed by atoms with Crippen molar-refractivity contribution in [3.05, 3.63) is 66.2 Å². The fourth-order valence-corrected chi connectivity index (χ4v) is 6.60. The summed E-state index contributed by atoms with van der Waals surface area (Å²) < 4.78 is 12.6. The van der Waals surface area contributed by atoms with Crippen molar-refractivity contribution in [2.75, 3.05) is 30.5 Å². The topological polar surface area (TPSA) is 82.9 Å². The number of hydrogen-bond acceptors (Lipinski definition) is 6. The minimum Gasteiger partial charge on any atom is -0.493 e. The highest BCUT2D eigenvalue weighted by Gasteiger charge is 2.74. The number of carbonyl (C=O) groups is 2. The lowest BCUT2D eigenvalue weighted by atomic mass is 9.67. The van der Waals surface area contributed by atoms with Crippen LogP contribution in [-0.4, -0.2) is 43.7 Å². The summed E-state index contributed by atoms with van der Waals surface area (Å²) in [6, 6.07) is 21.2. The Bertz CT molecular complexity index is 1480. The van der Waals surface area contributed by atoms with Gasteiger partial charge in [-0.3, -0.25) is 9.59 Å². The van der Waals surface area contributed by atoms with Crippen molar-refractivity contribution in [2.24, 2.45) is 11.8 Å². The van der Waals surface area contributed by atoms with Crippen LogP contribution in [0.4, 0.5) is 11.4 Å². The molecule has 4 unspecified atom stereocenters. The Labute approximate surface area is 216 Å². The molecule has 0 radical (unpaired) electrons. The number of hydrogen-bond donors (Lipinski definition) is 0. The largest absolute Gasteiger partial charge is 0.493 e. The third-order valence-electron chi connectivity index (χ3n) is 8.40. The number of imide groups is 1. The maximum Gasteiger partial charge on any atom is 0.240 e. The first-order chi connectivity index (χ1) is 17.8. The van der Waals surface area contributed by atoms with Crippen LogP contribution in [0.1, 0.15) is 31.7 Å². The van der Waals surface area contributed by atoms with Crippen LogP contribution < -0.4 is 14.5 Å². The van der Waals surface area contributed by atoms with E-state index in [0.717, 1.165) is 22.2 Å². The van der Waals surface area contributed by atoms with E-state index in [9.17, 15) is 14.9 Å². The first-order valence-electron chi connectivity index (χ1n) is 12.7. The van der Waals surface area contributed by atoms with Crippen LogP contribution in [0.5, 0.6) is 5.75 Å². The van der Waals surface area contributed by atoms with Gasteiger partial charge in [-0.2, -0.15) is 5.26 Å². The van der Waals surface area contributed by atoms with Gasteiger partial charge in [-0.05, 0) is 43.4 Å². The molecular formula is C30H29N3O4. The first kappa shape index (κ1) is 23.5. The lowest BCUT2D eigenvalue weighted by molar-refractivity contribution is -0.131. The third kappa shape index (κ3) is 3.43. The zero-order valence-electron chi connectivity index (χ0n) is 21.2. The molecule has 2 amide bonds. The summed E-state index contributed by atoms with van der Waals surface area (Å²) >= 11 is 0. The molecule has 3 aliphatic rings. The van der Waals surface area contributed by atoms with Crippen LogP contribution in [0.2, 0.25) is 0 Å². The predicted molar refractivity (Wildman–Crippen MR) is 140 cm³/mol. The van der Waals surface area contributed by atoms with Gasteiger partial charge in [0.25, 0.3) is 0 Å². The van der Waals surface area contributed by atoms with E-state index in [4.69, 9.17) is 9.47 Å². The molecule has 7 nitrogen and oxygen atoms in total. The fraction of sp³-hybridized carbons (Fsp3) is 0.367. The minimum atomic E-state index is -0.760. The van der Waals surface area contributed by atoms with Gasteiger partial charge in [0.05, 0.1) is 40.9 Å². The summed E-state index contributed by atoms with van der Waals surface area (Å²) in [5.74, 6) is -0.953. The average Bonchev–Trinajstić information content (AvgIpc) is 3.47. The van der Waals surface area contributed by atoms with Crippen molar-refractivity contribution in [3.8, 4) is 11.8 Å². The summed E-state index contributed by atoms with van der Waals surface area (Å²) in [5.41, 5.74) is 0.277. The van der Waals surface area contributed by atoms with E-state index in [1.165, 1.54) is 4.90 Å². The second-order valence-electron chi connectivity index (χ2n) is 10.7. The van der Waals surface area contributed by atoms with Gasteiger partial charge in [0.15, 0.2) is 0 Å². The Morgan fingerprint density at radius 1 is 1.05 bits per heavy atom. The molecule has 37 heavy (non-hydrogen) atoms. The number of benzene rings is 3. The van der Waals surface area contributed by atoms with Crippen LogP contribution in [0.3, 0.4) is 0 Å². The quantitative estimate of drug-likeness (QED) is 0.462. The molecule has 188 valence electrons. The molecule has 3 fully saturated rings. The Hall–Kier alpha value is -3.89. The number of anilines is 2. The number of rotatable bonds is 6. The van der Waals surface area contributed by atoms with Crippen molar-refractivity contribution >= 4 is 34.0 Å². The van der Waals surface area contributed by atoms with Gasteiger partial charge in [-0.1, -0.05) is 36.4 Å². The molecule has 3 heterocycles. The maximum absolute atomic E-state index is 14.0. The number of nitriles is 1. The third-order valence-corrected chi connectivity index (χ3v) is 8.40. The highest BCUT2D eigenvalue weighted by atomic mass is 16.5. The Morgan fingerprint density at radius 3 is 2.62 bits per heavy atom. The highest BCUT2D eigenvalue weighted by Crippen LogP contribution is 2.62. The SMILES string of the molecule is CN(C)c1cccc(OCCC23CCC(C)(O2)C2C(=O)N(c4ccc5ccccc5c4C#N)C(=O)C23)c1. The van der Waals surface area contributed by atoms with Crippen LogP contribution in [0.15, 0.2) is 60.7 Å². The van der Waals surface area contributed by atoms with E-state index in [1.807, 2.05) is 80.5 Å². The van der Waals surface area contributed by atoms with Crippen molar-refractivity contribution < 1.29 is 19.1 Å². The molecule has 3 aromatic rings. The number of ether oxygens (including phenoxy) is 2. The normalized spacial score (nSPS) is 28.0. The van der Waals surface area contributed by atoms with Crippen LogP contribution in [0.25, 0.3) is 10.8 Å². The predicted octanol–water partition coefficient (Wildman–Crippen LogP) is 4.67. The Morgan fingerprint density at radius 2 is 1.84 bits per heavy atom. The molecule has 7 heteroatoms. The van der Waals surface area contributed by atoms with Crippen LogP contribution in [-0.2, 0) is 14.3 Å². The second-order valence-corrected chi connectivity index (χ2v) is 10.7. The average molecular weight is 496 g/mol. The number of carbonyl (C=O) groups excluding carboxylic acids is 2. The molecule has 0 spiro atoms. The van der Waals surface area contributed by atoms with Gasteiger partial charge >= 0.3 is 0 Å². The summed E-state index contributed by atoms with van der Waals surface area (Å²) in [4.78, 5) is 31.0. The first-order valence-corrected chi connectivity index (χ1v) is 12.7. The van der Waals surface area contributed by atoms with Gasteiger partial charge in [0.2, 0.25) is 11.8 Å². The lowest BCUT2D eigenvalue weighted by Crippen LogP contribution is -2.43. The summed E-state index contributed by atoms with van der Waals surface area (Å²) in [5, 5.41) is 11.6. The molecule has 2 bridgehead atoms. The lowest BCUT2D eigenvalue weighted by Gasteiger charge is -2.31. The molecule has 0 aliphatic carbocycles. The smallest absolute Gasteiger partial charge is 0.240 e. The van der Waals surface area contributed by atoms with E-state index in [2.05, 4.69) is 6.07 Å². The molecule has 3 saturated heterocycles. The molecule has 0 saturated carbocycles. The molecule has 0 aromatic heterocycles. The summed E-state index contributed by atoms with van der Waals surface area (Å²) in [7, 11) is 3.96. The van der Waals surface area contributed by atoms with Crippen molar-refractivity contribution in [3.63, 3.8) is 0 Å². The molecule has 6 rings (SSSR count). The standard InChI is InChI=1S/C30H29N3O4/c1-29-13-14-30(37-29,15-16-36-21-9-6-8-20(17-21)32(2)3)26-25(29)27(34)33(28(26)35)24-12-11-19-7-4-5-10-22(19)23(24)18-31/h4-12,17,25-26H,13-16H2,1-3H3. The summed E-state index contributed by atoms with van der Waals surface area (Å²) in [6.07, 6.45) is 1.91. The number of amides is 2. The van der Waals surface area contributed by atoms with Gasteiger partial charge < -0.3 is 14.4 Å². The van der Waals surface area contributed by atoms with Crippen molar-refractivity contribution in [1.29, 1.82) is 5.26 Å². The van der Waals surface area contributed by atoms with Crippen LogP contribution >= 0.6 is 0 Å². The molecular weight excluding hydrogens is 466 g/mol.